The van der Waals surface area contributed by atoms with Crippen LogP contribution in [-0.2, 0) is 0 Å². The maximum Gasteiger partial charge on any atom is 0.311 e. The number of hydrogen-bond acceptors (Lipinski definition) is 2. The van der Waals surface area contributed by atoms with E-state index in [1.54, 1.807) is 0 Å². The van der Waals surface area contributed by atoms with E-state index >= 15 is 0 Å². The molecule has 0 atom stereocenters. The van der Waals surface area contributed by atoms with E-state index in [0.29, 0.717) is 5.69 Å². The number of nitrogens with one attached hydrogen (secondary N) is 2. The molecule has 82 valence electrons. The van der Waals surface area contributed by atoms with Crippen LogP contribution in [-0.4, -0.2) is 10.2 Å². The molecule has 5 heteroatoms. The fourth-order valence-corrected chi connectivity index (χ4v) is 1.61. The van der Waals surface area contributed by atoms with Gasteiger partial charge in [0.25, 0.3) is 5.43 Å². The first-order chi connectivity index (χ1) is 7.59. The molecule has 4 nitrogen and oxygen atoms in total. The molecule has 0 saturated carbocycles. The molecule has 2 aromatic rings. The van der Waals surface area contributed by atoms with E-state index in [2.05, 4.69) is 10.2 Å². The molecule has 2 N–H and O–H groups in total. The first-order valence-electron chi connectivity index (χ1n) is 4.67. The Morgan fingerprint density at radius 2 is 1.69 bits per heavy atom. The Hall–Kier alpha value is -1.81. The Labute approximate surface area is 95.9 Å². The fourth-order valence-electron chi connectivity index (χ4n) is 1.36. The molecule has 0 radical (unpaired) electrons. The van der Waals surface area contributed by atoms with Gasteiger partial charge in [-0.1, -0.05) is 41.4 Å². The molecular weight excluding hydrogens is 228 g/mol. The molecule has 0 aliphatic rings. The van der Waals surface area contributed by atoms with Crippen molar-refractivity contribution in [3.63, 3.8) is 0 Å². The van der Waals surface area contributed by atoms with Gasteiger partial charge >= 0.3 is 5.56 Å². The van der Waals surface area contributed by atoms with Crippen molar-refractivity contribution < 1.29 is 0 Å². The Morgan fingerprint density at radius 1 is 1.06 bits per heavy atom. The third kappa shape index (κ3) is 1.79. The lowest BCUT2D eigenvalue weighted by molar-refractivity contribution is 0.979. The summed E-state index contributed by atoms with van der Waals surface area (Å²) >= 11 is 5.81. The summed E-state index contributed by atoms with van der Waals surface area (Å²) in [5.41, 5.74) is 0.804. The molecular formula is C11H9ClN2O2. The zero-order valence-corrected chi connectivity index (χ0v) is 9.26. The van der Waals surface area contributed by atoms with E-state index in [1.807, 2.05) is 31.2 Å². The highest BCUT2D eigenvalue weighted by Gasteiger charge is 2.09. The van der Waals surface area contributed by atoms with Gasteiger partial charge in [-0.25, -0.2) is 0 Å². The smallest absolute Gasteiger partial charge is 0.296 e. The van der Waals surface area contributed by atoms with Gasteiger partial charge in [0, 0.05) is 5.56 Å². The van der Waals surface area contributed by atoms with Gasteiger partial charge in [-0.3, -0.25) is 19.8 Å². The number of rotatable bonds is 1. The second kappa shape index (κ2) is 3.98. The molecule has 1 heterocycles. The lowest BCUT2D eigenvalue weighted by atomic mass is 10.1. The molecule has 1 aromatic heterocycles. The molecule has 0 aliphatic heterocycles. The van der Waals surface area contributed by atoms with Gasteiger partial charge in [0.05, 0.1) is 5.69 Å². The SMILES string of the molecule is Cc1ccc(-c2[nH][nH]c(=O)c(=O)c2Cl)cc1. The summed E-state index contributed by atoms with van der Waals surface area (Å²) in [6.45, 7) is 1.96. The van der Waals surface area contributed by atoms with Gasteiger partial charge in [-0.05, 0) is 6.92 Å². The van der Waals surface area contributed by atoms with Gasteiger partial charge in [0.1, 0.15) is 5.02 Å². The van der Waals surface area contributed by atoms with Crippen molar-refractivity contribution in [2.24, 2.45) is 0 Å². The maximum absolute atomic E-state index is 11.3. The van der Waals surface area contributed by atoms with Gasteiger partial charge in [0.15, 0.2) is 0 Å². The van der Waals surface area contributed by atoms with E-state index in [4.69, 9.17) is 11.6 Å². The minimum absolute atomic E-state index is 0.0902. The number of H-pyrrole nitrogens is 2. The van der Waals surface area contributed by atoms with Crippen molar-refractivity contribution in [1.29, 1.82) is 0 Å². The van der Waals surface area contributed by atoms with Crippen molar-refractivity contribution in [2.75, 3.05) is 0 Å². The predicted octanol–water partition coefficient (Wildman–Crippen LogP) is 1.69. The van der Waals surface area contributed by atoms with Crippen molar-refractivity contribution in [1.82, 2.24) is 10.2 Å². The molecule has 0 spiro atoms. The van der Waals surface area contributed by atoms with Gasteiger partial charge in [-0.15, -0.1) is 0 Å². The second-order valence-corrected chi connectivity index (χ2v) is 3.84. The monoisotopic (exact) mass is 236 g/mol. The number of benzene rings is 1. The number of aromatic nitrogens is 2. The molecule has 2 rings (SSSR count). The summed E-state index contributed by atoms with van der Waals surface area (Å²) in [5, 5.41) is 4.77. The molecule has 0 fully saturated rings. The largest absolute Gasteiger partial charge is 0.311 e. The molecule has 0 amide bonds. The highest BCUT2D eigenvalue weighted by molar-refractivity contribution is 6.32. The van der Waals surface area contributed by atoms with Crippen LogP contribution >= 0.6 is 11.6 Å². The average Bonchev–Trinajstić information content (AvgIpc) is 2.28. The number of halogens is 1. The van der Waals surface area contributed by atoms with E-state index in [9.17, 15) is 9.59 Å². The van der Waals surface area contributed by atoms with Crippen LogP contribution in [0.4, 0.5) is 0 Å². The van der Waals surface area contributed by atoms with E-state index in [1.165, 1.54) is 0 Å². The predicted molar refractivity (Wildman–Crippen MR) is 62.9 cm³/mol. The topological polar surface area (TPSA) is 65.7 Å². The number of aryl methyl sites for hydroxylation is 1. The fraction of sp³-hybridized carbons (Fsp3) is 0.0909. The zero-order chi connectivity index (χ0) is 11.7. The summed E-state index contributed by atoms with van der Waals surface area (Å²) < 4.78 is 0. The van der Waals surface area contributed by atoms with Crippen molar-refractivity contribution in [3.05, 3.63) is 55.4 Å². The minimum Gasteiger partial charge on any atom is -0.296 e. The van der Waals surface area contributed by atoms with Crippen molar-refractivity contribution in [2.45, 2.75) is 6.92 Å². The Kier molecular flexibility index (Phi) is 2.66. The van der Waals surface area contributed by atoms with E-state index in [-0.39, 0.29) is 5.02 Å². The van der Waals surface area contributed by atoms with Crippen LogP contribution in [0.1, 0.15) is 5.56 Å². The van der Waals surface area contributed by atoms with Crippen LogP contribution in [0.2, 0.25) is 5.02 Å². The summed E-state index contributed by atoms with van der Waals surface area (Å²) in [6.07, 6.45) is 0. The maximum atomic E-state index is 11.3. The molecule has 0 aliphatic carbocycles. The van der Waals surface area contributed by atoms with Crippen LogP contribution in [0.3, 0.4) is 0 Å². The lowest BCUT2D eigenvalue weighted by Crippen LogP contribution is -2.28. The first kappa shape index (κ1) is 10.7. The zero-order valence-electron chi connectivity index (χ0n) is 8.50. The van der Waals surface area contributed by atoms with Crippen LogP contribution in [0, 0.1) is 6.92 Å². The normalized spacial score (nSPS) is 10.4. The summed E-state index contributed by atoms with van der Waals surface area (Å²) in [7, 11) is 0. The molecule has 0 bridgehead atoms. The Bertz CT molecular complexity index is 626. The van der Waals surface area contributed by atoms with Gasteiger partial charge < -0.3 is 0 Å². The highest BCUT2D eigenvalue weighted by Crippen LogP contribution is 2.21. The Morgan fingerprint density at radius 3 is 2.31 bits per heavy atom. The number of aromatic amines is 2. The molecule has 0 unspecified atom stereocenters. The Balaban J connectivity index is 2.66. The molecule has 1 aromatic carbocycles. The third-order valence-electron chi connectivity index (χ3n) is 2.27. The van der Waals surface area contributed by atoms with Crippen molar-refractivity contribution >= 4 is 11.6 Å². The number of hydrogen-bond donors (Lipinski definition) is 2. The summed E-state index contributed by atoms with van der Waals surface area (Å²) in [6, 6.07) is 7.44. The second-order valence-electron chi connectivity index (χ2n) is 3.46. The van der Waals surface area contributed by atoms with Gasteiger partial charge in [-0.2, -0.15) is 0 Å². The van der Waals surface area contributed by atoms with E-state index < -0.39 is 11.0 Å². The summed E-state index contributed by atoms with van der Waals surface area (Å²) in [4.78, 5) is 22.3. The summed E-state index contributed by atoms with van der Waals surface area (Å²) in [5.74, 6) is 0. The third-order valence-corrected chi connectivity index (χ3v) is 2.63. The van der Waals surface area contributed by atoms with Crippen LogP contribution in [0.25, 0.3) is 11.3 Å². The van der Waals surface area contributed by atoms with E-state index in [0.717, 1.165) is 11.1 Å². The standard InChI is InChI=1S/C11H9ClN2O2/c1-6-2-4-7(5-3-6)9-8(12)10(15)11(16)14-13-9/h2-5H,1H3,(H,13,15)(H,14,16). The molecule has 16 heavy (non-hydrogen) atoms. The van der Waals surface area contributed by atoms with Crippen molar-refractivity contribution in [3.8, 4) is 11.3 Å². The van der Waals surface area contributed by atoms with Crippen LogP contribution in [0.5, 0.6) is 0 Å². The average molecular weight is 237 g/mol. The molecule has 0 saturated heterocycles. The highest BCUT2D eigenvalue weighted by atomic mass is 35.5. The minimum atomic E-state index is -0.749. The lowest BCUT2D eigenvalue weighted by Gasteiger charge is -2.03. The first-order valence-corrected chi connectivity index (χ1v) is 5.05. The van der Waals surface area contributed by atoms with Gasteiger partial charge in [0.2, 0.25) is 0 Å². The van der Waals surface area contributed by atoms with Crippen LogP contribution in [0.15, 0.2) is 33.9 Å². The quantitative estimate of drug-likeness (QED) is 0.740. The van der Waals surface area contributed by atoms with Crippen LogP contribution < -0.4 is 11.0 Å².